The van der Waals surface area contributed by atoms with E-state index in [1.165, 1.54) is 6.54 Å². The molecule has 128 valence electrons. The van der Waals surface area contributed by atoms with Gasteiger partial charge in [-0.15, -0.1) is 12.4 Å². The van der Waals surface area contributed by atoms with Gasteiger partial charge in [-0.05, 0) is 32.6 Å². The summed E-state index contributed by atoms with van der Waals surface area (Å²) in [6.07, 6.45) is 3.01. The number of ether oxygens (including phenoxy) is 1. The zero-order valence-electron chi connectivity index (χ0n) is 13.8. The highest BCUT2D eigenvalue weighted by atomic mass is 35.5. The lowest BCUT2D eigenvalue weighted by molar-refractivity contribution is -0.138. The Morgan fingerprint density at radius 2 is 1.73 bits per heavy atom. The first kappa shape index (κ1) is 18.0. The molecule has 22 heavy (non-hydrogen) atoms. The van der Waals surface area contributed by atoms with E-state index in [0.29, 0.717) is 18.1 Å². The molecule has 0 bridgehead atoms. The number of piperidine rings is 1. The Hall–Kier alpha value is -0.360. The van der Waals surface area contributed by atoms with Gasteiger partial charge in [-0.1, -0.05) is 0 Å². The first-order chi connectivity index (χ1) is 10.1. The van der Waals surface area contributed by atoms with Gasteiger partial charge >= 0.3 is 0 Å². The van der Waals surface area contributed by atoms with E-state index >= 15 is 0 Å². The lowest BCUT2D eigenvalue weighted by Gasteiger charge is -2.40. The molecule has 0 saturated carbocycles. The van der Waals surface area contributed by atoms with Crippen molar-refractivity contribution in [2.24, 2.45) is 11.8 Å². The van der Waals surface area contributed by atoms with Crippen LogP contribution in [0.3, 0.4) is 0 Å². The van der Waals surface area contributed by atoms with E-state index in [-0.39, 0.29) is 18.3 Å². The standard InChI is InChI=1S/C16H29N3O2.ClH/c1-12-9-18(10-13(2)21-12)11-14-3-5-19(6-4-14)16(20)15-7-17-8-15;/h12-15,17H,3-11H2,1-2H3;1H. The zero-order chi connectivity index (χ0) is 14.8. The van der Waals surface area contributed by atoms with E-state index in [1.807, 2.05) is 0 Å². The third-order valence-corrected chi connectivity index (χ3v) is 5.07. The van der Waals surface area contributed by atoms with Crippen LogP contribution in [0.4, 0.5) is 0 Å². The van der Waals surface area contributed by atoms with E-state index in [9.17, 15) is 4.79 Å². The molecule has 0 aromatic rings. The smallest absolute Gasteiger partial charge is 0.228 e. The quantitative estimate of drug-likeness (QED) is 0.837. The van der Waals surface area contributed by atoms with Crippen LogP contribution in [0, 0.1) is 11.8 Å². The van der Waals surface area contributed by atoms with Crippen LogP contribution in [0.5, 0.6) is 0 Å². The summed E-state index contributed by atoms with van der Waals surface area (Å²) in [5.74, 6) is 1.37. The zero-order valence-corrected chi connectivity index (χ0v) is 14.6. The molecule has 0 radical (unpaired) electrons. The van der Waals surface area contributed by atoms with Gasteiger partial charge in [0.2, 0.25) is 5.91 Å². The van der Waals surface area contributed by atoms with Crippen LogP contribution in [0.25, 0.3) is 0 Å². The largest absolute Gasteiger partial charge is 0.373 e. The van der Waals surface area contributed by atoms with Gasteiger partial charge in [-0.2, -0.15) is 0 Å². The Kier molecular flexibility index (Phi) is 6.50. The first-order valence-electron chi connectivity index (χ1n) is 8.49. The summed E-state index contributed by atoms with van der Waals surface area (Å²) in [6, 6.07) is 0. The maximum Gasteiger partial charge on any atom is 0.228 e. The van der Waals surface area contributed by atoms with Crippen molar-refractivity contribution in [2.75, 3.05) is 45.8 Å². The highest BCUT2D eigenvalue weighted by Gasteiger charge is 2.32. The van der Waals surface area contributed by atoms with Crippen molar-refractivity contribution in [1.82, 2.24) is 15.1 Å². The van der Waals surface area contributed by atoms with E-state index in [4.69, 9.17) is 4.74 Å². The average Bonchev–Trinajstić information content (AvgIpc) is 2.36. The normalized spacial score (nSPS) is 31.5. The van der Waals surface area contributed by atoms with Gasteiger partial charge in [-0.25, -0.2) is 0 Å². The van der Waals surface area contributed by atoms with Crippen molar-refractivity contribution in [3.8, 4) is 0 Å². The molecule has 2 atom stereocenters. The minimum Gasteiger partial charge on any atom is -0.373 e. The fourth-order valence-corrected chi connectivity index (χ4v) is 3.86. The van der Waals surface area contributed by atoms with Gasteiger partial charge in [0.25, 0.3) is 0 Å². The van der Waals surface area contributed by atoms with Gasteiger partial charge in [0.15, 0.2) is 0 Å². The van der Waals surface area contributed by atoms with Gasteiger partial charge in [0, 0.05) is 45.8 Å². The molecule has 3 fully saturated rings. The molecule has 0 aliphatic carbocycles. The Morgan fingerprint density at radius 3 is 2.23 bits per heavy atom. The lowest BCUT2D eigenvalue weighted by Crippen LogP contribution is -2.54. The molecule has 0 aromatic carbocycles. The minimum atomic E-state index is 0. The van der Waals surface area contributed by atoms with Crippen molar-refractivity contribution in [3.05, 3.63) is 0 Å². The van der Waals surface area contributed by atoms with Crippen LogP contribution in [-0.4, -0.2) is 73.7 Å². The number of nitrogens with one attached hydrogen (secondary N) is 1. The topological polar surface area (TPSA) is 44.8 Å². The van der Waals surface area contributed by atoms with Crippen molar-refractivity contribution in [1.29, 1.82) is 0 Å². The summed E-state index contributed by atoms with van der Waals surface area (Å²) in [5.41, 5.74) is 0. The van der Waals surface area contributed by atoms with Crippen molar-refractivity contribution < 1.29 is 9.53 Å². The second-order valence-corrected chi connectivity index (χ2v) is 7.10. The Morgan fingerprint density at radius 1 is 1.14 bits per heavy atom. The van der Waals surface area contributed by atoms with Crippen LogP contribution in [-0.2, 0) is 9.53 Å². The molecule has 5 nitrogen and oxygen atoms in total. The maximum absolute atomic E-state index is 12.2. The Labute approximate surface area is 140 Å². The molecule has 1 amide bonds. The van der Waals surface area contributed by atoms with E-state index < -0.39 is 0 Å². The molecule has 0 aromatic heterocycles. The molecular weight excluding hydrogens is 302 g/mol. The highest BCUT2D eigenvalue weighted by Crippen LogP contribution is 2.22. The molecule has 3 saturated heterocycles. The molecule has 3 aliphatic rings. The number of nitrogens with zero attached hydrogens (tertiary/aromatic N) is 2. The number of carbonyl (C=O) groups excluding carboxylic acids is 1. The summed E-state index contributed by atoms with van der Waals surface area (Å²) < 4.78 is 5.80. The molecule has 1 N–H and O–H groups in total. The third-order valence-electron chi connectivity index (χ3n) is 5.07. The van der Waals surface area contributed by atoms with Crippen molar-refractivity contribution in [3.63, 3.8) is 0 Å². The molecule has 6 heteroatoms. The number of rotatable bonds is 3. The van der Waals surface area contributed by atoms with Gasteiger partial charge in [-0.3, -0.25) is 9.69 Å². The van der Waals surface area contributed by atoms with Crippen molar-refractivity contribution >= 4 is 18.3 Å². The highest BCUT2D eigenvalue weighted by molar-refractivity contribution is 5.85. The van der Waals surface area contributed by atoms with Gasteiger partial charge in [0.1, 0.15) is 0 Å². The summed E-state index contributed by atoms with van der Waals surface area (Å²) in [7, 11) is 0. The second kappa shape index (κ2) is 7.95. The van der Waals surface area contributed by atoms with E-state index in [1.54, 1.807) is 0 Å². The number of morpholine rings is 1. The lowest BCUT2D eigenvalue weighted by atomic mass is 9.93. The second-order valence-electron chi connectivity index (χ2n) is 7.10. The maximum atomic E-state index is 12.2. The molecular formula is C16H30ClN3O2. The van der Waals surface area contributed by atoms with Crippen LogP contribution in [0.2, 0.25) is 0 Å². The van der Waals surface area contributed by atoms with E-state index in [0.717, 1.165) is 58.0 Å². The molecule has 2 unspecified atom stereocenters. The molecule has 3 rings (SSSR count). The van der Waals surface area contributed by atoms with Crippen LogP contribution < -0.4 is 5.32 Å². The minimum absolute atomic E-state index is 0. The molecule has 0 spiro atoms. The summed E-state index contributed by atoms with van der Waals surface area (Å²) in [4.78, 5) is 16.9. The number of hydrogen-bond donors (Lipinski definition) is 1. The fourth-order valence-electron chi connectivity index (χ4n) is 3.86. The van der Waals surface area contributed by atoms with Crippen LogP contribution >= 0.6 is 12.4 Å². The van der Waals surface area contributed by atoms with Gasteiger partial charge < -0.3 is 15.0 Å². The third kappa shape index (κ3) is 4.34. The predicted molar refractivity (Wildman–Crippen MR) is 89.4 cm³/mol. The van der Waals surface area contributed by atoms with Crippen LogP contribution in [0.15, 0.2) is 0 Å². The van der Waals surface area contributed by atoms with E-state index in [2.05, 4.69) is 29.0 Å². The average molecular weight is 332 g/mol. The SMILES string of the molecule is CC1CN(CC2CCN(C(=O)C3CNC3)CC2)CC(C)O1.Cl. The van der Waals surface area contributed by atoms with Crippen molar-refractivity contribution in [2.45, 2.75) is 38.9 Å². The summed E-state index contributed by atoms with van der Waals surface area (Å²) >= 11 is 0. The molecule has 3 aliphatic heterocycles. The number of likely N-dealkylation sites (tertiary alicyclic amines) is 1. The Balaban J connectivity index is 0.00000176. The fraction of sp³-hybridized carbons (Fsp3) is 0.938. The first-order valence-corrected chi connectivity index (χ1v) is 8.49. The molecule has 3 heterocycles. The predicted octanol–water partition coefficient (Wildman–Crippen LogP) is 0.975. The number of amides is 1. The summed E-state index contributed by atoms with van der Waals surface area (Å²) in [6.45, 7) is 11.3. The van der Waals surface area contributed by atoms with Crippen LogP contribution in [0.1, 0.15) is 26.7 Å². The Bertz CT molecular complexity index is 360. The van der Waals surface area contributed by atoms with Gasteiger partial charge in [0.05, 0.1) is 18.1 Å². The number of halogens is 1. The summed E-state index contributed by atoms with van der Waals surface area (Å²) in [5, 5.41) is 3.19. The number of carbonyl (C=O) groups is 1. The monoisotopic (exact) mass is 331 g/mol. The number of hydrogen-bond acceptors (Lipinski definition) is 4.